The average molecular weight is 437 g/mol. The molecule has 0 unspecified atom stereocenters. The van der Waals surface area contributed by atoms with E-state index in [1.54, 1.807) is 42.6 Å². The fourth-order valence-electron chi connectivity index (χ4n) is 3.45. The number of hydrogen-bond acceptors (Lipinski definition) is 9. The molecule has 1 fully saturated rings. The highest BCUT2D eigenvalue weighted by Gasteiger charge is 2.22. The van der Waals surface area contributed by atoms with E-state index in [1.807, 2.05) is 0 Å². The second-order valence-corrected chi connectivity index (χ2v) is 7.17. The Kier molecular flexibility index (Phi) is 6.59. The van der Waals surface area contributed by atoms with Crippen LogP contribution < -0.4 is 15.0 Å². The standard InChI is InChI=1S/C22H23N5O5/c1-30-17-9-3-2-8-16(17)24-19(28)13-18-25-20(32-26-18)14-31-22(29)15-7-6-10-23-21(15)27-11-4-5-12-27/h2-3,6-10H,4-5,11-14H2,1H3,(H,24,28). The number of benzene rings is 1. The molecule has 0 bridgehead atoms. The highest BCUT2D eigenvalue weighted by Crippen LogP contribution is 2.24. The summed E-state index contributed by atoms with van der Waals surface area (Å²) >= 11 is 0. The summed E-state index contributed by atoms with van der Waals surface area (Å²) in [5, 5.41) is 6.52. The summed E-state index contributed by atoms with van der Waals surface area (Å²) in [6.45, 7) is 1.52. The van der Waals surface area contributed by atoms with Gasteiger partial charge in [0.05, 0.1) is 19.2 Å². The highest BCUT2D eigenvalue weighted by atomic mass is 16.6. The predicted octanol–water partition coefficient (Wildman–Crippen LogP) is 2.61. The molecule has 1 aliphatic rings. The third-order valence-corrected chi connectivity index (χ3v) is 4.95. The van der Waals surface area contributed by atoms with Crippen molar-refractivity contribution in [3.05, 3.63) is 59.9 Å². The van der Waals surface area contributed by atoms with Crippen LogP contribution in [0.1, 0.15) is 34.9 Å². The zero-order valence-electron chi connectivity index (χ0n) is 17.6. The van der Waals surface area contributed by atoms with Gasteiger partial charge in [-0.3, -0.25) is 4.79 Å². The van der Waals surface area contributed by atoms with E-state index in [9.17, 15) is 9.59 Å². The summed E-state index contributed by atoms with van der Waals surface area (Å²) in [6, 6.07) is 10.4. The molecule has 2 aromatic heterocycles. The van der Waals surface area contributed by atoms with Crippen molar-refractivity contribution < 1.29 is 23.6 Å². The van der Waals surface area contributed by atoms with Gasteiger partial charge in [-0.05, 0) is 37.1 Å². The molecule has 166 valence electrons. The van der Waals surface area contributed by atoms with E-state index in [4.69, 9.17) is 14.0 Å². The van der Waals surface area contributed by atoms with E-state index in [2.05, 4.69) is 25.3 Å². The number of nitrogens with one attached hydrogen (secondary N) is 1. The van der Waals surface area contributed by atoms with Crippen molar-refractivity contribution in [1.29, 1.82) is 0 Å². The molecule has 0 atom stereocenters. The van der Waals surface area contributed by atoms with Gasteiger partial charge in [-0.1, -0.05) is 17.3 Å². The lowest BCUT2D eigenvalue weighted by atomic mass is 10.2. The van der Waals surface area contributed by atoms with Crippen molar-refractivity contribution >= 4 is 23.4 Å². The molecule has 1 aliphatic heterocycles. The Hall–Kier alpha value is -3.95. The number of pyridine rings is 1. The monoisotopic (exact) mass is 437 g/mol. The molecule has 0 spiro atoms. The second-order valence-electron chi connectivity index (χ2n) is 7.17. The van der Waals surface area contributed by atoms with E-state index < -0.39 is 5.97 Å². The molecule has 0 aliphatic carbocycles. The fraction of sp³-hybridized carbons (Fsp3) is 0.318. The Balaban J connectivity index is 1.33. The van der Waals surface area contributed by atoms with Gasteiger partial charge < -0.3 is 24.2 Å². The van der Waals surface area contributed by atoms with Crippen LogP contribution in [0.3, 0.4) is 0 Å². The second kappa shape index (κ2) is 9.90. The Morgan fingerprint density at radius 2 is 1.97 bits per heavy atom. The van der Waals surface area contributed by atoms with Gasteiger partial charge in [-0.15, -0.1) is 0 Å². The zero-order chi connectivity index (χ0) is 22.3. The minimum absolute atomic E-state index is 0.1000. The Labute approximate surface area is 184 Å². The molecule has 4 rings (SSSR count). The molecule has 3 aromatic rings. The van der Waals surface area contributed by atoms with Gasteiger partial charge in [0, 0.05) is 19.3 Å². The van der Waals surface area contributed by atoms with E-state index >= 15 is 0 Å². The van der Waals surface area contributed by atoms with Crippen LogP contribution in [0.15, 0.2) is 47.1 Å². The predicted molar refractivity (Wildman–Crippen MR) is 114 cm³/mol. The molecule has 3 heterocycles. The van der Waals surface area contributed by atoms with Crippen LogP contribution in [0.25, 0.3) is 0 Å². The minimum Gasteiger partial charge on any atom is -0.495 e. The Morgan fingerprint density at radius 1 is 1.16 bits per heavy atom. The summed E-state index contributed by atoms with van der Waals surface area (Å²) < 4.78 is 15.7. The van der Waals surface area contributed by atoms with Crippen molar-refractivity contribution in [2.45, 2.75) is 25.9 Å². The topological polar surface area (TPSA) is 120 Å². The lowest BCUT2D eigenvalue weighted by Crippen LogP contribution is -2.22. The van der Waals surface area contributed by atoms with Crippen LogP contribution in [-0.4, -0.2) is 47.2 Å². The van der Waals surface area contributed by atoms with Crippen LogP contribution >= 0.6 is 0 Å². The third-order valence-electron chi connectivity index (χ3n) is 4.95. The maximum Gasteiger partial charge on any atom is 0.342 e. The summed E-state index contributed by atoms with van der Waals surface area (Å²) in [5.41, 5.74) is 0.938. The number of anilines is 2. The van der Waals surface area contributed by atoms with E-state index in [1.165, 1.54) is 7.11 Å². The molecule has 1 amide bonds. The number of para-hydroxylation sites is 2. The van der Waals surface area contributed by atoms with E-state index in [-0.39, 0.29) is 30.7 Å². The number of nitrogens with zero attached hydrogens (tertiary/aromatic N) is 4. The van der Waals surface area contributed by atoms with Crippen LogP contribution in [0.5, 0.6) is 5.75 Å². The number of ether oxygens (including phenoxy) is 2. The summed E-state index contributed by atoms with van der Waals surface area (Å²) in [7, 11) is 1.53. The van der Waals surface area contributed by atoms with Crippen LogP contribution in [0, 0.1) is 0 Å². The van der Waals surface area contributed by atoms with Gasteiger partial charge in [-0.2, -0.15) is 4.98 Å². The summed E-state index contributed by atoms with van der Waals surface area (Å²) in [5.74, 6) is 0.602. The highest BCUT2D eigenvalue weighted by molar-refractivity contribution is 5.95. The molecule has 1 N–H and O–H groups in total. The first kappa shape index (κ1) is 21.3. The number of amides is 1. The van der Waals surface area contributed by atoms with Gasteiger partial charge in [0.2, 0.25) is 5.91 Å². The maximum absolute atomic E-state index is 12.6. The van der Waals surface area contributed by atoms with Crippen molar-refractivity contribution in [2.24, 2.45) is 0 Å². The third kappa shape index (κ3) is 5.02. The van der Waals surface area contributed by atoms with E-state index in [0.717, 1.165) is 25.9 Å². The van der Waals surface area contributed by atoms with Crippen LogP contribution in [0.2, 0.25) is 0 Å². The molecule has 32 heavy (non-hydrogen) atoms. The largest absolute Gasteiger partial charge is 0.495 e. The first-order valence-corrected chi connectivity index (χ1v) is 10.3. The van der Waals surface area contributed by atoms with Crippen molar-refractivity contribution in [3.63, 3.8) is 0 Å². The number of carbonyl (C=O) groups excluding carboxylic acids is 2. The number of rotatable bonds is 8. The smallest absolute Gasteiger partial charge is 0.342 e. The number of hydrogen-bond donors (Lipinski definition) is 1. The molecular formula is C22H23N5O5. The molecule has 1 aromatic carbocycles. The van der Waals surface area contributed by atoms with Crippen LogP contribution in [0.4, 0.5) is 11.5 Å². The number of aromatic nitrogens is 3. The zero-order valence-corrected chi connectivity index (χ0v) is 17.6. The number of carbonyl (C=O) groups is 2. The van der Waals surface area contributed by atoms with Gasteiger partial charge >= 0.3 is 5.97 Å². The SMILES string of the molecule is COc1ccccc1NC(=O)Cc1noc(COC(=O)c2cccnc2N2CCCC2)n1. The van der Waals surface area contributed by atoms with Crippen LogP contribution in [-0.2, 0) is 22.6 Å². The molecule has 1 saturated heterocycles. The molecular weight excluding hydrogens is 414 g/mol. The number of esters is 1. The minimum atomic E-state index is -0.520. The molecule has 0 saturated carbocycles. The molecule has 10 nitrogen and oxygen atoms in total. The maximum atomic E-state index is 12.6. The lowest BCUT2D eigenvalue weighted by molar-refractivity contribution is -0.115. The van der Waals surface area contributed by atoms with Gasteiger partial charge in [-0.25, -0.2) is 9.78 Å². The quantitative estimate of drug-likeness (QED) is 0.530. The van der Waals surface area contributed by atoms with E-state index in [0.29, 0.717) is 22.8 Å². The Bertz CT molecular complexity index is 1090. The molecule has 10 heteroatoms. The normalized spacial score (nSPS) is 13.1. The fourth-order valence-corrected chi connectivity index (χ4v) is 3.45. The van der Waals surface area contributed by atoms with Crippen molar-refractivity contribution in [3.8, 4) is 5.75 Å². The average Bonchev–Trinajstić information content (AvgIpc) is 3.50. The lowest BCUT2D eigenvalue weighted by Gasteiger charge is -2.18. The van der Waals surface area contributed by atoms with Crippen molar-refractivity contribution in [2.75, 3.05) is 30.4 Å². The first-order valence-electron chi connectivity index (χ1n) is 10.3. The van der Waals surface area contributed by atoms with Crippen molar-refractivity contribution in [1.82, 2.24) is 15.1 Å². The molecule has 0 radical (unpaired) electrons. The van der Waals surface area contributed by atoms with Gasteiger partial charge in [0.25, 0.3) is 5.89 Å². The van der Waals surface area contributed by atoms with Gasteiger partial charge in [0.15, 0.2) is 12.4 Å². The first-order chi connectivity index (χ1) is 15.6. The Morgan fingerprint density at radius 3 is 2.78 bits per heavy atom. The van der Waals surface area contributed by atoms with Gasteiger partial charge in [0.1, 0.15) is 17.1 Å². The number of methoxy groups -OCH3 is 1. The summed E-state index contributed by atoms with van der Waals surface area (Å²) in [4.78, 5) is 35.4. The summed E-state index contributed by atoms with van der Waals surface area (Å²) in [6.07, 6.45) is 3.70.